The van der Waals surface area contributed by atoms with Gasteiger partial charge in [-0.15, -0.1) is 0 Å². The summed E-state index contributed by atoms with van der Waals surface area (Å²) in [6.45, 7) is 13.6. The molecular formula is C11H16. The molecule has 0 heteroatoms. The van der Waals surface area contributed by atoms with Gasteiger partial charge in [0.25, 0.3) is 0 Å². The van der Waals surface area contributed by atoms with E-state index in [9.17, 15) is 0 Å². The summed E-state index contributed by atoms with van der Waals surface area (Å²) in [5, 5.41) is 0. The highest BCUT2D eigenvalue weighted by Crippen LogP contribution is 2.06. The molecule has 0 aliphatic rings. The molecule has 0 aliphatic carbocycles. The smallest absolute Gasteiger partial charge is 0.0276 e. The zero-order chi connectivity index (χ0) is 8.85. The van der Waals surface area contributed by atoms with Gasteiger partial charge in [-0.1, -0.05) is 42.5 Å². The van der Waals surface area contributed by atoms with Gasteiger partial charge in [-0.05, 0) is 26.3 Å². The van der Waals surface area contributed by atoms with Gasteiger partial charge in [-0.2, -0.15) is 0 Å². The maximum Gasteiger partial charge on any atom is -0.0276 e. The molecule has 0 spiro atoms. The van der Waals surface area contributed by atoms with Crippen LogP contribution in [0.4, 0.5) is 0 Å². The number of allylic oxidation sites excluding steroid dienone is 6. The molecule has 0 heterocycles. The molecule has 0 saturated heterocycles. The van der Waals surface area contributed by atoms with Gasteiger partial charge in [0.1, 0.15) is 0 Å². The van der Waals surface area contributed by atoms with Crippen molar-refractivity contribution < 1.29 is 0 Å². The van der Waals surface area contributed by atoms with E-state index in [4.69, 9.17) is 0 Å². The number of rotatable bonds is 3. The molecule has 0 fully saturated rings. The molecule has 0 saturated carbocycles. The lowest BCUT2D eigenvalue weighted by molar-refractivity contribution is 1.34. The summed E-state index contributed by atoms with van der Waals surface area (Å²) in [6, 6.07) is 0. The Morgan fingerprint density at radius 2 is 1.64 bits per heavy atom. The molecule has 11 heavy (non-hydrogen) atoms. The Kier molecular flexibility index (Phi) is 4.28. The monoisotopic (exact) mass is 148 g/mol. The molecule has 0 aromatic rings. The van der Waals surface area contributed by atoms with Gasteiger partial charge in [0.15, 0.2) is 0 Å². The van der Waals surface area contributed by atoms with Gasteiger partial charge >= 0.3 is 0 Å². The summed E-state index contributed by atoms with van der Waals surface area (Å²) >= 11 is 0. The fourth-order valence-corrected chi connectivity index (χ4v) is 0.671. The zero-order valence-electron chi connectivity index (χ0n) is 7.65. The van der Waals surface area contributed by atoms with Crippen LogP contribution in [0.25, 0.3) is 0 Å². The predicted octanol–water partition coefficient (Wildman–Crippen LogP) is 3.64. The molecule has 0 nitrogen and oxygen atoms in total. The number of hydrogen-bond donors (Lipinski definition) is 0. The van der Waals surface area contributed by atoms with Crippen molar-refractivity contribution in [3.63, 3.8) is 0 Å². The van der Waals surface area contributed by atoms with Gasteiger partial charge < -0.3 is 0 Å². The minimum Gasteiger partial charge on any atom is -0.0985 e. The average molecular weight is 148 g/mol. The Balaban J connectivity index is 4.46. The van der Waals surface area contributed by atoms with E-state index in [1.807, 2.05) is 25.2 Å². The van der Waals surface area contributed by atoms with Crippen LogP contribution in [0.5, 0.6) is 0 Å². The predicted molar refractivity (Wildman–Crippen MR) is 52.5 cm³/mol. The highest BCUT2D eigenvalue weighted by molar-refractivity contribution is 5.35. The van der Waals surface area contributed by atoms with Crippen LogP contribution in [0.2, 0.25) is 0 Å². The maximum absolute atomic E-state index is 3.78. The van der Waals surface area contributed by atoms with Crippen LogP contribution in [0, 0.1) is 0 Å². The van der Waals surface area contributed by atoms with E-state index < -0.39 is 0 Å². The third kappa shape index (κ3) is 4.38. The molecule has 0 N–H and O–H groups in total. The second kappa shape index (κ2) is 4.73. The molecule has 60 valence electrons. The van der Waals surface area contributed by atoms with Crippen molar-refractivity contribution >= 4 is 0 Å². The Bertz CT molecular complexity index is 210. The fraction of sp³-hybridized carbons (Fsp3) is 0.273. The SMILES string of the molecule is C=CC(/C=C\C(=C)C)=C(C)C. The quantitative estimate of drug-likeness (QED) is 0.536. The summed E-state index contributed by atoms with van der Waals surface area (Å²) in [5.41, 5.74) is 3.51. The summed E-state index contributed by atoms with van der Waals surface area (Å²) < 4.78 is 0. The van der Waals surface area contributed by atoms with Crippen LogP contribution in [-0.2, 0) is 0 Å². The maximum atomic E-state index is 3.78. The first-order valence-electron chi connectivity index (χ1n) is 3.71. The van der Waals surface area contributed by atoms with Gasteiger partial charge in [-0.25, -0.2) is 0 Å². The van der Waals surface area contributed by atoms with Crippen molar-refractivity contribution in [3.05, 3.63) is 48.1 Å². The van der Waals surface area contributed by atoms with Gasteiger partial charge in [0.05, 0.1) is 0 Å². The molecule has 0 amide bonds. The molecule has 0 aliphatic heterocycles. The third-order valence-electron chi connectivity index (χ3n) is 1.34. The Morgan fingerprint density at radius 3 is 1.91 bits per heavy atom. The number of hydrogen-bond acceptors (Lipinski definition) is 0. The Labute approximate surface area is 69.6 Å². The van der Waals surface area contributed by atoms with Crippen LogP contribution in [0.1, 0.15) is 20.8 Å². The molecule has 0 aromatic carbocycles. The largest absolute Gasteiger partial charge is 0.0985 e. The molecule has 0 rings (SSSR count). The van der Waals surface area contributed by atoms with E-state index in [0.29, 0.717) is 0 Å². The lowest BCUT2D eigenvalue weighted by atomic mass is 10.1. The summed E-state index contributed by atoms with van der Waals surface area (Å²) in [6.07, 6.45) is 5.88. The minimum atomic E-state index is 1.06. The van der Waals surface area contributed by atoms with Crippen LogP contribution in [0.15, 0.2) is 48.1 Å². The van der Waals surface area contributed by atoms with Crippen LogP contribution >= 0.6 is 0 Å². The fourth-order valence-electron chi connectivity index (χ4n) is 0.671. The van der Waals surface area contributed by atoms with Crippen LogP contribution in [-0.4, -0.2) is 0 Å². The van der Waals surface area contributed by atoms with Crippen LogP contribution < -0.4 is 0 Å². The molecule has 0 unspecified atom stereocenters. The summed E-state index contributed by atoms with van der Waals surface area (Å²) in [4.78, 5) is 0. The second-order valence-electron chi connectivity index (χ2n) is 2.84. The third-order valence-corrected chi connectivity index (χ3v) is 1.34. The van der Waals surface area contributed by atoms with E-state index in [1.165, 1.54) is 11.1 Å². The second-order valence-corrected chi connectivity index (χ2v) is 2.84. The lowest BCUT2D eigenvalue weighted by Gasteiger charge is -1.95. The Morgan fingerprint density at radius 1 is 1.09 bits per heavy atom. The van der Waals surface area contributed by atoms with E-state index in [-0.39, 0.29) is 0 Å². The van der Waals surface area contributed by atoms with Crippen molar-refractivity contribution in [2.24, 2.45) is 0 Å². The first-order valence-corrected chi connectivity index (χ1v) is 3.71. The van der Waals surface area contributed by atoms with Crippen molar-refractivity contribution in [2.45, 2.75) is 20.8 Å². The van der Waals surface area contributed by atoms with Crippen molar-refractivity contribution in [1.29, 1.82) is 0 Å². The normalized spacial score (nSPS) is 9.73. The topological polar surface area (TPSA) is 0 Å². The van der Waals surface area contributed by atoms with E-state index >= 15 is 0 Å². The van der Waals surface area contributed by atoms with Crippen molar-refractivity contribution in [2.75, 3.05) is 0 Å². The van der Waals surface area contributed by atoms with Gasteiger partial charge in [0.2, 0.25) is 0 Å². The Hall–Kier alpha value is -1.04. The standard InChI is InChI=1S/C11H16/c1-6-11(10(4)5)8-7-9(2)3/h6-8H,1-2H2,3-5H3/b8-7-. The average Bonchev–Trinajstić information content (AvgIpc) is 1.87. The highest BCUT2D eigenvalue weighted by Gasteiger charge is 1.86. The highest BCUT2D eigenvalue weighted by atomic mass is 13.9. The van der Waals surface area contributed by atoms with E-state index in [1.54, 1.807) is 0 Å². The lowest BCUT2D eigenvalue weighted by Crippen LogP contribution is -1.75. The van der Waals surface area contributed by atoms with Crippen LogP contribution in [0.3, 0.4) is 0 Å². The summed E-state index contributed by atoms with van der Waals surface area (Å²) in [5.74, 6) is 0. The minimum absolute atomic E-state index is 1.06. The first-order chi connectivity index (χ1) is 5.07. The van der Waals surface area contributed by atoms with Crippen molar-refractivity contribution in [1.82, 2.24) is 0 Å². The zero-order valence-corrected chi connectivity index (χ0v) is 7.65. The summed E-state index contributed by atoms with van der Waals surface area (Å²) in [7, 11) is 0. The van der Waals surface area contributed by atoms with E-state index in [2.05, 4.69) is 27.0 Å². The molecule has 0 radical (unpaired) electrons. The van der Waals surface area contributed by atoms with Gasteiger partial charge in [-0.3, -0.25) is 0 Å². The first kappa shape index (κ1) is 9.96. The molecule has 0 atom stereocenters. The van der Waals surface area contributed by atoms with Crippen molar-refractivity contribution in [3.8, 4) is 0 Å². The molecular weight excluding hydrogens is 132 g/mol. The molecule has 0 bridgehead atoms. The van der Waals surface area contributed by atoms with E-state index in [0.717, 1.165) is 5.57 Å². The van der Waals surface area contributed by atoms with Gasteiger partial charge in [0, 0.05) is 0 Å². The molecule has 0 aromatic heterocycles.